The van der Waals surface area contributed by atoms with Crippen LogP contribution in [0, 0.1) is 6.92 Å². The highest BCUT2D eigenvalue weighted by atomic mass is 79.9. The highest BCUT2D eigenvalue weighted by Crippen LogP contribution is 2.27. The van der Waals surface area contributed by atoms with Gasteiger partial charge in [0.1, 0.15) is 12.4 Å². The lowest BCUT2D eigenvalue weighted by Crippen LogP contribution is -2.15. The Labute approximate surface area is 175 Å². The minimum absolute atomic E-state index is 0.217. The van der Waals surface area contributed by atoms with E-state index in [-0.39, 0.29) is 11.8 Å². The van der Waals surface area contributed by atoms with E-state index in [4.69, 9.17) is 4.74 Å². The predicted octanol–water partition coefficient (Wildman–Crippen LogP) is 5.00. The maximum Gasteiger partial charge on any atom is 0.255 e. The summed E-state index contributed by atoms with van der Waals surface area (Å²) in [6.07, 6.45) is 0. The molecule has 3 aromatic rings. The maximum absolute atomic E-state index is 12.7. The lowest BCUT2D eigenvalue weighted by atomic mass is 10.2. The van der Waals surface area contributed by atoms with E-state index >= 15 is 0 Å². The van der Waals surface area contributed by atoms with Crippen LogP contribution in [0.25, 0.3) is 0 Å². The van der Waals surface area contributed by atoms with Gasteiger partial charge in [0, 0.05) is 22.3 Å². The second-order valence-corrected chi connectivity index (χ2v) is 7.98. The number of aryl methyl sites for hydroxylation is 1. The van der Waals surface area contributed by atoms with E-state index in [0.717, 1.165) is 15.2 Å². The molecule has 0 spiro atoms. The number of anilines is 2. The summed E-state index contributed by atoms with van der Waals surface area (Å²) >= 11 is 4.94. The van der Waals surface area contributed by atoms with Crippen molar-refractivity contribution in [3.63, 3.8) is 0 Å². The zero-order chi connectivity index (χ0) is 20.1. The molecule has 1 aromatic heterocycles. The first-order valence-electron chi connectivity index (χ1n) is 8.43. The lowest BCUT2D eigenvalue weighted by molar-refractivity contribution is -0.114. The average molecular weight is 460 g/mol. The van der Waals surface area contributed by atoms with E-state index in [1.54, 1.807) is 53.8 Å². The van der Waals surface area contributed by atoms with Gasteiger partial charge in [0.05, 0.1) is 22.1 Å². The van der Waals surface area contributed by atoms with Crippen LogP contribution < -0.4 is 15.4 Å². The molecular formula is C20H18BrN3O3S. The minimum atomic E-state index is -0.306. The van der Waals surface area contributed by atoms with Gasteiger partial charge in [0.2, 0.25) is 5.91 Å². The standard InChI is InChI=1S/C20H18BrN3O3S/c1-12(25)22-18-7-6-15(21)9-19(18)24-20(26)14-4-3-5-17(8-14)27-10-16-11-28-13(2)23-16/h3-9,11H,10H2,1-2H3,(H,22,25)(H,24,26). The normalized spacial score (nSPS) is 10.4. The molecule has 3 rings (SSSR count). The number of halogens is 1. The van der Waals surface area contributed by atoms with Gasteiger partial charge in [-0.05, 0) is 43.3 Å². The second kappa shape index (κ2) is 8.99. The summed E-state index contributed by atoms with van der Waals surface area (Å²) in [5.74, 6) is 0.0554. The maximum atomic E-state index is 12.7. The fraction of sp³-hybridized carbons (Fsp3) is 0.150. The average Bonchev–Trinajstić information content (AvgIpc) is 3.07. The Kier molecular flexibility index (Phi) is 6.43. The number of benzene rings is 2. The summed E-state index contributed by atoms with van der Waals surface area (Å²) in [4.78, 5) is 28.4. The molecule has 0 aliphatic carbocycles. The highest BCUT2D eigenvalue weighted by molar-refractivity contribution is 9.10. The van der Waals surface area contributed by atoms with E-state index in [1.165, 1.54) is 6.92 Å². The van der Waals surface area contributed by atoms with Crippen molar-refractivity contribution in [2.45, 2.75) is 20.5 Å². The fourth-order valence-corrected chi connectivity index (χ4v) is 3.43. The molecule has 0 aliphatic rings. The monoisotopic (exact) mass is 459 g/mol. The first-order chi connectivity index (χ1) is 13.4. The van der Waals surface area contributed by atoms with Gasteiger partial charge in [-0.25, -0.2) is 4.98 Å². The van der Waals surface area contributed by atoms with E-state index < -0.39 is 0 Å². The third-order valence-corrected chi connectivity index (χ3v) is 5.01. The van der Waals surface area contributed by atoms with Crippen molar-refractivity contribution in [3.8, 4) is 5.75 Å². The van der Waals surface area contributed by atoms with Crippen LogP contribution in [0.4, 0.5) is 11.4 Å². The number of rotatable bonds is 6. The van der Waals surface area contributed by atoms with Gasteiger partial charge in [-0.1, -0.05) is 22.0 Å². The molecule has 6 nitrogen and oxygen atoms in total. The van der Waals surface area contributed by atoms with Crippen molar-refractivity contribution in [2.75, 3.05) is 10.6 Å². The van der Waals surface area contributed by atoms with Crippen molar-refractivity contribution >= 4 is 50.5 Å². The molecule has 0 fully saturated rings. The summed E-state index contributed by atoms with van der Waals surface area (Å²) in [7, 11) is 0. The van der Waals surface area contributed by atoms with Gasteiger partial charge < -0.3 is 15.4 Å². The number of ether oxygens (including phenoxy) is 1. The summed E-state index contributed by atoms with van der Waals surface area (Å²) < 4.78 is 6.53. The molecular weight excluding hydrogens is 442 g/mol. The largest absolute Gasteiger partial charge is 0.487 e. The molecule has 0 aliphatic heterocycles. The van der Waals surface area contributed by atoms with Gasteiger partial charge in [0.15, 0.2) is 0 Å². The van der Waals surface area contributed by atoms with E-state index in [9.17, 15) is 9.59 Å². The van der Waals surface area contributed by atoms with Crippen LogP contribution in [0.15, 0.2) is 52.3 Å². The zero-order valence-corrected chi connectivity index (χ0v) is 17.7. The second-order valence-electron chi connectivity index (χ2n) is 6.00. The topological polar surface area (TPSA) is 80.3 Å². The van der Waals surface area contributed by atoms with Crippen LogP contribution in [0.1, 0.15) is 28.0 Å². The number of hydrogen-bond acceptors (Lipinski definition) is 5. The number of nitrogens with zero attached hydrogens (tertiary/aromatic N) is 1. The molecule has 2 amide bonds. The molecule has 0 atom stereocenters. The summed E-state index contributed by atoms with van der Waals surface area (Å²) in [6, 6.07) is 12.2. The Morgan fingerprint density at radius 2 is 1.96 bits per heavy atom. The van der Waals surface area contributed by atoms with Crippen LogP contribution in [0.5, 0.6) is 5.75 Å². The summed E-state index contributed by atoms with van der Waals surface area (Å²) in [6.45, 7) is 3.70. The van der Waals surface area contributed by atoms with Crippen molar-refractivity contribution in [1.82, 2.24) is 4.98 Å². The highest BCUT2D eigenvalue weighted by Gasteiger charge is 2.12. The van der Waals surface area contributed by atoms with Gasteiger partial charge in [-0.2, -0.15) is 0 Å². The molecule has 1 heterocycles. The van der Waals surface area contributed by atoms with E-state index in [2.05, 4.69) is 31.5 Å². The van der Waals surface area contributed by atoms with Crippen LogP contribution in [0.2, 0.25) is 0 Å². The summed E-state index contributed by atoms with van der Waals surface area (Å²) in [5.41, 5.74) is 2.32. The number of thiazole rings is 1. The molecule has 144 valence electrons. The first kappa shape index (κ1) is 20.0. The van der Waals surface area contributed by atoms with E-state index in [1.807, 2.05) is 12.3 Å². The number of aromatic nitrogens is 1. The van der Waals surface area contributed by atoms with Gasteiger partial charge >= 0.3 is 0 Å². The van der Waals surface area contributed by atoms with Gasteiger partial charge in [0.25, 0.3) is 5.91 Å². The number of nitrogens with one attached hydrogen (secondary N) is 2. The SMILES string of the molecule is CC(=O)Nc1ccc(Br)cc1NC(=O)c1cccc(OCc2csc(C)n2)c1. The minimum Gasteiger partial charge on any atom is -0.487 e. The van der Waals surface area contributed by atoms with Gasteiger partial charge in [-0.3, -0.25) is 9.59 Å². The van der Waals surface area contributed by atoms with Crippen LogP contribution in [-0.2, 0) is 11.4 Å². The molecule has 0 saturated carbocycles. The molecule has 0 saturated heterocycles. The predicted molar refractivity (Wildman–Crippen MR) is 114 cm³/mol. The molecule has 28 heavy (non-hydrogen) atoms. The fourth-order valence-electron chi connectivity index (χ4n) is 2.47. The first-order valence-corrected chi connectivity index (χ1v) is 10.1. The quantitative estimate of drug-likeness (QED) is 0.543. The molecule has 8 heteroatoms. The number of carbonyl (C=O) groups is 2. The Hall–Kier alpha value is -2.71. The van der Waals surface area contributed by atoms with Crippen molar-refractivity contribution in [3.05, 3.63) is 68.6 Å². The van der Waals surface area contributed by atoms with Gasteiger partial charge in [-0.15, -0.1) is 11.3 Å². The Morgan fingerprint density at radius 1 is 1.14 bits per heavy atom. The smallest absolute Gasteiger partial charge is 0.255 e. The zero-order valence-electron chi connectivity index (χ0n) is 15.3. The number of hydrogen-bond donors (Lipinski definition) is 2. The Bertz CT molecular complexity index is 1020. The number of amides is 2. The third kappa shape index (κ3) is 5.40. The van der Waals surface area contributed by atoms with Crippen molar-refractivity contribution in [1.29, 1.82) is 0 Å². The molecule has 2 N–H and O–H groups in total. The molecule has 0 unspecified atom stereocenters. The summed E-state index contributed by atoms with van der Waals surface area (Å²) in [5, 5.41) is 8.46. The van der Waals surface area contributed by atoms with E-state index in [0.29, 0.717) is 29.3 Å². The van der Waals surface area contributed by atoms with Crippen molar-refractivity contribution in [2.24, 2.45) is 0 Å². The molecule has 0 radical (unpaired) electrons. The Morgan fingerprint density at radius 3 is 2.68 bits per heavy atom. The molecule has 2 aromatic carbocycles. The number of carbonyl (C=O) groups excluding carboxylic acids is 2. The Balaban J connectivity index is 1.72. The van der Waals surface area contributed by atoms with Crippen LogP contribution in [-0.4, -0.2) is 16.8 Å². The molecule has 0 bridgehead atoms. The van der Waals surface area contributed by atoms with Crippen molar-refractivity contribution < 1.29 is 14.3 Å². The van der Waals surface area contributed by atoms with Crippen LogP contribution >= 0.6 is 27.3 Å². The lowest BCUT2D eigenvalue weighted by Gasteiger charge is -2.12. The van der Waals surface area contributed by atoms with Crippen LogP contribution in [0.3, 0.4) is 0 Å². The third-order valence-electron chi connectivity index (χ3n) is 3.69.